The van der Waals surface area contributed by atoms with E-state index in [4.69, 9.17) is 0 Å². The SMILES string of the molecule is C1=C[C@@H]2CN(c3ccccc3)[C@H](c3cccs3)C2=CC1. The third kappa shape index (κ3) is 1.92. The van der Waals surface area contributed by atoms with Gasteiger partial charge in [0.15, 0.2) is 0 Å². The molecule has 1 fully saturated rings. The first-order chi connectivity index (χ1) is 9.93. The fourth-order valence-corrected chi connectivity index (χ4v) is 4.19. The van der Waals surface area contributed by atoms with Gasteiger partial charge in [0.2, 0.25) is 0 Å². The molecule has 0 N–H and O–H groups in total. The van der Waals surface area contributed by atoms with E-state index < -0.39 is 0 Å². The Morgan fingerprint density at radius 3 is 2.75 bits per heavy atom. The van der Waals surface area contributed by atoms with Crippen LogP contribution in [0.3, 0.4) is 0 Å². The molecule has 2 atom stereocenters. The quantitative estimate of drug-likeness (QED) is 0.713. The first-order valence-electron chi connectivity index (χ1n) is 7.15. The normalized spacial score (nSPS) is 24.6. The summed E-state index contributed by atoms with van der Waals surface area (Å²) in [5, 5.41) is 2.19. The summed E-state index contributed by atoms with van der Waals surface area (Å²) in [7, 11) is 0. The third-order valence-electron chi connectivity index (χ3n) is 4.21. The van der Waals surface area contributed by atoms with Crippen molar-refractivity contribution >= 4 is 17.0 Å². The lowest BCUT2D eigenvalue weighted by Gasteiger charge is -2.26. The minimum atomic E-state index is 0.423. The highest BCUT2D eigenvalue weighted by Gasteiger charge is 2.37. The topological polar surface area (TPSA) is 3.24 Å². The van der Waals surface area contributed by atoms with Crippen LogP contribution >= 0.6 is 11.3 Å². The van der Waals surface area contributed by atoms with Gasteiger partial charge in [0.05, 0.1) is 6.04 Å². The van der Waals surface area contributed by atoms with Gasteiger partial charge in [0.25, 0.3) is 0 Å². The largest absolute Gasteiger partial charge is 0.359 e. The van der Waals surface area contributed by atoms with E-state index >= 15 is 0 Å². The van der Waals surface area contributed by atoms with Crippen molar-refractivity contribution in [3.63, 3.8) is 0 Å². The number of rotatable bonds is 2. The Morgan fingerprint density at radius 2 is 1.95 bits per heavy atom. The van der Waals surface area contributed by atoms with Crippen LogP contribution in [-0.2, 0) is 0 Å². The standard InChI is InChI=1S/C18H17NS/c1-2-8-15(9-3-1)19-13-14-7-4-5-10-16(14)18(19)17-11-6-12-20-17/h1-4,6-12,14,18H,5,13H2/t14-,18+/m1/s1. The van der Waals surface area contributed by atoms with Gasteiger partial charge in [-0.2, -0.15) is 0 Å². The molecule has 20 heavy (non-hydrogen) atoms. The van der Waals surface area contributed by atoms with Crippen LogP contribution in [0, 0.1) is 5.92 Å². The van der Waals surface area contributed by atoms with Gasteiger partial charge in [-0.05, 0) is 35.6 Å². The second-order valence-corrected chi connectivity index (χ2v) is 6.36. The summed E-state index contributed by atoms with van der Waals surface area (Å²) in [6, 6.07) is 15.7. The highest BCUT2D eigenvalue weighted by atomic mass is 32.1. The molecule has 0 spiro atoms. The van der Waals surface area contributed by atoms with Crippen LogP contribution < -0.4 is 4.90 Å². The molecular formula is C18H17NS. The van der Waals surface area contributed by atoms with E-state index in [1.54, 1.807) is 5.57 Å². The van der Waals surface area contributed by atoms with Gasteiger partial charge in [0, 0.05) is 23.0 Å². The maximum absolute atomic E-state index is 2.55. The molecule has 2 heterocycles. The lowest BCUT2D eigenvalue weighted by Crippen LogP contribution is -2.22. The zero-order valence-corrected chi connectivity index (χ0v) is 12.1. The Kier molecular flexibility index (Phi) is 2.96. The lowest BCUT2D eigenvalue weighted by molar-refractivity contribution is 0.808. The number of nitrogens with zero attached hydrogens (tertiary/aromatic N) is 1. The summed E-state index contributed by atoms with van der Waals surface area (Å²) in [5.41, 5.74) is 2.91. The summed E-state index contributed by atoms with van der Waals surface area (Å²) in [6.07, 6.45) is 8.20. The minimum absolute atomic E-state index is 0.423. The van der Waals surface area contributed by atoms with Crippen molar-refractivity contribution < 1.29 is 0 Å². The number of hydrogen-bond acceptors (Lipinski definition) is 2. The number of thiophene rings is 1. The zero-order valence-electron chi connectivity index (χ0n) is 11.3. The van der Waals surface area contributed by atoms with Crippen LogP contribution in [0.25, 0.3) is 0 Å². The average Bonchev–Trinajstić information content (AvgIpc) is 3.14. The van der Waals surface area contributed by atoms with Crippen molar-refractivity contribution in [2.45, 2.75) is 12.5 Å². The predicted octanol–water partition coefficient (Wildman–Crippen LogP) is 4.81. The van der Waals surface area contributed by atoms with Crippen LogP contribution in [-0.4, -0.2) is 6.54 Å². The van der Waals surface area contributed by atoms with E-state index in [0.717, 1.165) is 13.0 Å². The van der Waals surface area contributed by atoms with Crippen LogP contribution in [0.15, 0.2) is 71.6 Å². The van der Waals surface area contributed by atoms with Crippen molar-refractivity contribution in [2.24, 2.45) is 5.92 Å². The molecule has 2 aromatic rings. The van der Waals surface area contributed by atoms with Crippen molar-refractivity contribution in [1.82, 2.24) is 0 Å². The molecular weight excluding hydrogens is 262 g/mol. The smallest absolute Gasteiger partial charge is 0.0855 e. The second kappa shape index (κ2) is 4.95. The third-order valence-corrected chi connectivity index (χ3v) is 5.13. The van der Waals surface area contributed by atoms with Crippen molar-refractivity contribution in [3.8, 4) is 0 Å². The molecule has 1 nitrogen and oxygen atoms in total. The minimum Gasteiger partial charge on any atom is -0.359 e. The maximum atomic E-state index is 2.55. The predicted molar refractivity (Wildman–Crippen MR) is 86.2 cm³/mol. The number of allylic oxidation sites excluding steroid dienone is 2. The highest BCUT2D eigenvalue weighted by Crippen LogP contribution is 2.46. The second-order valence-electron chi connectivity index (χ2n) is 5.38. The van der Waals surface area contributed by atoms with Crippen LogP contribution in [0.4, 0.5) is 5.69 Å². The molecule has 100 valence electrons. The Morgan fingerprint density at radius 1 is 1.05 bits per heavy atom. The van der Waals surface area contributed by atoms with Gasteiger partial charge in [0.1, 0.15) is 0 Å². The van der Waals surface area contributed by atoms with Gasteiger partial charge in [-0.3, -0.25) is 0 Å². The summed E-state index contributed by atoms with van der Waals surface area (Å²) < 4.78 is 0. The summed E-state index contributed by atoms with van der Waals surface area (Å²) in [5.74, 6) is 0.580. The van der Waals surface area contributed by atoms with Gasteiger partial charge in [-0.25, -0.2) is 0 Å². The molecule has 1 aliphatic carbocycles. The van der Waals surface area contributed by atoms with Crippen LogP contribution in [0.2, 0.25) is 0 Å². The Bertz CT molecular complexity index is 639. The zero-order chi connectivity index (χ0) is 13.4. The van der Waals surface area contributed by atoms with E-state index in [0.29, 0.717) is 12.0 Å². The van der Waals surface area contributed by atoms with E-state index in [1.807, 2.05) is 11.3 Å². The first kappa shape index (κ1) is 12.0. The molecule has 0 bridgehead atoms. The fourth-order valence-electron chi connectivity index (χ4n) is 3.33. The van der Waals surface area contributed by atoms with Gasteiger partial charge in [-0.1, -0.05) is 42.5 Å². The monoisotopic (exact) mass is 279 g/mol. The number of fused-ring (bicyclic) bond motifs is 1. The van der Waals surface area contributed by atoms with E-state index in [1.165, 1.54) is 10.6 Å². The van der Waals surface area contributed by atoms with E-state index in [-0.39, 0.29) is 0 Å². The highest BCUT2D eigenvalue weighted by molar-refractivity contribution is 7.10. The molecule has 0 saturated carbocycles. The Labute approximate surface area is 123 Å². The first-order valence-corrected chi connectivity index (χ1v) is 8.03. The van der Waals surface area contributed by atoms with Crippen molar-refractivity contribution in [2.75, 3.05) is 11.4 Å². The molecule has 1 aromatic carbocycles. The number of benzene rings is 1. The lowest BCUT2D eigenvalue weighted by atomic mass is 9.92. The summed E-state index contributed by atoms with van der Waals surface area (Å²) in [4.78, 5) is 4.01. The molecule has 0 unspecified atom stereocenters. The summed E-state index contributed by atoms with van der Waals surface area (Å²) >= 11 is 1.87. The van der Waals surface area contributed by atoms with Crippen molar-refractivity contribution in [1.29, 1.82) is 0 Å². The number of anilines is 1. The molecule has 0 amide bonds. The average molecular weight is 279 g/mol. The van der Waals surface area contributed by atoms with E-state index in [2.05, 4.69) is 71.0 Å². The number of para-hydroxylation sites is 1. The molecule has 0 radical (unpaired) electrons. The van der Waals surface area contributed by atoms with Gasteiger partial charge in [-0.15, -0.1) is 11.3 Å². The van der Waals surface area contributed by atoms with E-state index in [9.17, 15) is 0 Å². The molecule has 2 heteroatoms. The molecule has 4 rings (SSSR count). The molecule has 1 aliphatic heterocycles. The Hall–Kier alpha value is -1.80. The fraction of sp³-hybridized carbons (Fsp3) is 0.222. The maximum Gasteiger partial charge on any atom is 0.0855 e. The van der Waals surface area contributed by atoms with Crippen LogP contribution in [0.5, 0.6) is 0 Å². The van der Waals surface area contributed by atoms with Gasteiger partial charge < -0.3 is 4.90 Å². The summed E-state index contributed by atoms with van der Waals surface area (Å²) in [6.45, 7) is 1.09. The van der Waals surface area contributed by atoms with Gasteiger partial charge >= 0.3 is 0 Å². The molecule has 1 aromatic heterocycles. The van der Waals surface area contributed by atoms with Crippen molar-refractivity contribution in [3.05, 3.63) is 76.5 Å². The number of hydrogen-bond donors (Lipinski definition) is 0. The molecule has 2 aliphatic rings. The Balaban J connectivity index is 1.79. The molecule has 1 saturated heterocycles. The van der Waals surface area contributed by atoms with Crippen LogP contribution in [0.1, 0.15) is 17.3 Å².